The SMILES string of the molecule is c1ccc2c(c1)ccc1sc3cc(N(c4ccc5c(c4)oc4ccccc45)c4ccc5oc6ccccc6c5c4)ncc3c12. The van der Waals surface area contributed by atoms with Crippen molar-refractivity contribution in [2.75, 3.05) is 4.90 Å². The predicted molar refractivity (Wildman–Crippen MR) is 184 cm³/mol. The van der Waals surface area contributed by atoms with Gasteiger partial charge in [0.2, 0.25) is 0 Å². The molecule has 0 N–H and O–H groups in total. The molecule has 0 amide bonds. The van der Waals surface area contributed by atoms with Crippen LogP contribution < -0.4 is 4.90 Å². The van der Waals surface area contributed by atoms with Gasteiger partial charge in [-0.05, 0) is 65.4 Å². The van der Waals surface area contributed by atoms with Gasteiger partial charge in [-0.2, -0.15) is 0 Å². The van der Waals surface area contributed by atoms with E-state index < -0.39 is 0 Å². The van der Waals surface area contributed by atoms with Crippen molar-refractivity contribution in [2.45, 2.75) is 0 Å². The van der Waals surface area contributed by atoms with Gasteiger partial charge in [0.15, 0.2) is 0 Å². The lowest BCUT2D eigenvalue weighted by molar-refractivity contribution is 0.668. The van der Waals surface area contributed by atoms with Crippen molar-refractivity contribution in [1.82, 2.24) is 4.98 Å². The zero-order valence-corrected chi connectivity index (χ0v) is 24.1. The van der Waals surface area contributed by atoms with Crippen LogP contribution in [0.25, 0.3) is 74.8 Å². The molecule has 0 radical (unpaired) electrons. The molecule has 0 bridgehead atoms. The summed E-state index contributed by atoms with van der Waals surface area (Å²) in [7, 11) is 0. The van der Waals surface area contributed by atoms with E-state index in [4.69, 9.17) is 13.8 Å². The minimum atomic E-state index is 0.843. The molecule has 10 aromatic rings. The molecule has 5 heteroatoms. The Labute approximate surface area is 255 Å². The number of hydrogen-bond donors (Lipinski definition) is 0. The molecule has 4 aromatic heterocycles. The van der Waals surface area contributed by atoms with Crippen LogP contribution in [0.1, 0.15) is 0 Å². The lowest BCUT2D eigenvalue weighted by Gasteiger charge is -2.24. The van der Waals surface area contributed by atoms with E-state index in [1.807, 2.05) is 41.8 Å². The van der Waals surface area contributed by atoms with Crippen LogP contribution in [0, 0.1) is 0 Å². The molecule has 0 aliphatic heterocycles. The summed E-state index contributed by atoms with van der Waals surface area (Å²) in [4.78, 5) is 7.34. The van der Waals surface area contributed by atoms with Gasteiger partial charge in [-0.25, -0.2) is 4.98 Å². The van der Waals surface area contributed by atoms with Gasteiger partial charge in [0, 0.05) is 59.7 Å². The largest absolute Gasteiger partial charge is 0.456 e. The van der Waals surface area contributed by atoms with Crippen LogP contribution in [-0.4, -0.2) is 4.98 Å². The maximum absolute atomic E-state index is 6.32. The van der Waals surface area contributed by atoms with E-state index in [2.05, 4.69) is 108 Å². The molecule has 0 unspecified atom stereocenters. The first kappa shape index (κ1) is 23.9. The molecule has 10 rings (SSSR count). The molecule has 4 heterocycles. The van der Waals surface area contributed by atoms with Gasteiger partial charge in [0.1, 0.15) is 28.1 Å². The summed E-state index contributed by atoms with van der Waals surface area (Å²) in [5.74, 6) is 0.843. The normalized spacial score (nSPS) is 12.1. The van der Waals surface area contributed by atoms with Gasteiger partial charge in [-0.15, -0.1) is 11.3 Å². The quantitative estimate of drug-likeness (QED) is 0.208. The molecule has 0 fully saturated rings. The Balaban J connectivity index is 1.22. The second kappa shape index (κ2) is 8.93. The number of anilines is 3. The standard InChI is InChI=1S/C39H22N2O2S/c1-2-8-26-23(7-1)13-18-36-39(26)31-22-40-38(21-37(31)44-36)41(24-15-17-34-30(19-24)28-10-4-6-12-33(28)42-34)25-14-16-29-27-9-3-5-11-32(27)43-35(29)20-25/h1-22H. The average Bonchev–Trinajstić information content (AvgIpc) is 3.75. The number of aromatic nitrogens is 1. The number of fused-ring (bicyclic) bond motifs is 11. The molecule has 206 valence electrons. The monoisotopic (exact) mass is 582 g/mol. The summed E-state index contributed by atoms with van der Waals surface area (Å²) in [6, 6.07) is 44.4. The Morgan fingerprint density at radius 3 is 2.00 bits per heavy atom. The van der Waals surface area contributed by atoms with Gasteiger partial charge in [0.25, 0.3) is 0 Å². The fraction of sp³-hybridized carbons (Fsp3) is 0. The maximum atomic E-state index is 6.32. The Kier molecular flexibility index (Phi) is 4.84. The third-order valence-electron chi connectivity index (χ3n) is 8.70. The molecule has 4 nitrogen and oxygen atoms in total. The molecule has 44 heavy (non-hydrogen) atoms. The van der Waals surface area contributed by atoms with Crippen molar-refractivity contribution in [3.05, 3.63) is 134 Å². The topological polar surface area (TPSA) is 42.4 Å². The second-order valence-corrected chi connectivity index (χ2v) is 12.3. The van der Waals surface area contributed by atoms with E-state index in [1.165, 1.54) is 30.9 Å². The smallest absolute Gasteiger partial charge is 0.138 e. The number of thiophene rings is 1. The first-order valence-electron chi connectivity index (χ1n) is 14.6. The molecule has 0 atom stereocenters. The molecule has 0 spiro atoms. The summed E-state index contributed by atoms with van der Waals surface area (Å²) in [6.45, 7) is 0. The summed E-state index contributed by atoms with van der Waals surface area (Å²) >= 11 is 1.81. The highest BCUT2D eigenvalue weighted by atomic mass is 32.1. The molecule has 6 aromatic carbocycles. The lowest BCUT2D eigenvalue weighted by atomic mass is 10.0. The van der Waals surface area contributed by atoms with Crippen LogP contribution in [-0.2, 0) is 0 Å². The summed E-state index contributed by atoms with van der Waals surface area (Å²) in [5, 5.41) is 9.32. The first-order chi connectivity index (χ1) is 21.8. The zero-order valence-electron chi connectivity index (χ0n) is 23.3. The number of rotatable bonds is 3. The Hall–Kier alpha value is -5.65. The molecular weight excluding hydrogens is 561 g/mol. The van der Waals surface area contributed by atoms with E-state index >= 15 is 0 Å². The van der Waals surface area contributed by atoms with Gasteiger partial charge in [-0.3, -0.25) is 4.90 Å². The first-order valence-corrected chi connectivity index (χ1v) is 15.4. The third-order valence-corrected chi connectivity index (χ3v) is 9.82. The number of para-hydroxylation sites is 2. The van der Waals surface area contributed by atoms with Crippen LogP contribution in [0.5, 0.6) is 0 Å². The van der Waals surface area contributed by atoms with Gasteiger partial charge < -0.3 is 8.83 Å². The molecule has 0 aliphatic rings. The Morgan fingerprint density at radius 1 is 0.477 bits per heavy atom. The maximum Gasteiger partial charge on any atom is 0.138 e. The highest BCUT2D eigenvalue weighted by Gasteiger charge is 2.20. The van der Waals surface area contributed by atoms with E-state index in [1.54, 1.807) is 0 Å². The van der Waals surface area contributed by atoms with Crippen molar-refractivity contribution >= 4 is 103 Å². The van der Waals surface area contributed by atoms with E-state index in [-0.39, 0.29) is 0 Å². The molecule has 0 saturated heterocycles. The Bertz CT molecular complexity index is 2750. The van der Waals surface area contributed by atoms with Crippen LogP contribution in [0.15, 0.2) is 142 Å². The van der Waals surface area contributed by atoms with Crippen molar-refractivity contribution < 1.29 is 8.83 Å². The van der Waals surface area contributed by atoms with Crippen molar-refractivity contribution in [3.8, 4) is 0 Å². The Morgan fingerprint density at radius 2 is 1.14 bits per heavy atom. The number of benzene rings is 6. The highest BCUT2D eigenvalue weighted by molar-refractivity contribution is 7.26. The average molecular weight is 583 g/mol. The van der Waals surface area contributed by atoms with Gasteiger partial charge >= 0.3 is 0 Å². The third kappa shape index (κ3) is 3.41. The number of nitrogens with zero attached hydrogens (tertiary/aromatic N) is 2. The van der Waals surface area contributed by atoms with Crippen LogP contribution >= 0.6 is 11.3 Å². The van der Waals surface area contributed by atoms with Gasteiger partial charge in [0.05, 0.1) is 5.69 Å². The number of furan rings is 2. The summed E-state index contributed by atoms with van der Waals surface area (Å²) in [5.41, 5.74) is 5.45. The van der Waals surface area contributed by atoms with Crippen molar-refractivity contribution in [3.63, 3.8) is 0 Å². The highest BCUT2D eigenvalue weighted by Crippen LogP contribution is 2.43. The van der Waals surface area contributed by atoms with Crippen LogP contribution in [0.3, 0.4) is 0 Å². The van der Waals surface area contributed by atoms with E-state index in [9.17, 15) is 0 Å². The van der Waals surface area contributed by atoms with Crippen molar-refractivity contribution in [1.29, 1.82) is 0 Å². The predicted octanol–water partition coefficient (Wildman–Crippen LogP) is 11.9. The molecular formula is C39H22N2O2S. The van der Waals surface area contributed by atoms with Crippen molar-refractivity contribution in [2.24, 2.45) is 0 Å². The lowest BCUT2D eigenvalue weighted by Crippen LogP contribution is -2.11. The van der Waals surface area contributed by atoms with Gasteiger partial charge in [-0.1, -0.05) is 66.7 Å². The minimum Gasteiger partial charge on any atom is -0.456 e. The number of pyridine rings is 1. The zero-order chi connectivity index (χ0) is 28.8. The van der Waals surface area contributed by atoms with Crippen LogP contribution in [0.2, 0.25) is 0 Å². The summed E-state index contributed by atoms with van der Waals surface area (Å²) in [6.07, 6.45) is 2.04. The number of hydrogen-bond acceptors (Lipinski definition) is 5. The fourth-order valence-corrected chi connectivity index (χ4v) is 7.80. The summed E-state index contributed by atoms with van der Waals surface area (Å²) < 4.78 is 15.0. The van der Waals surface area contributed by atoms with E-state index in [0.29, 0.717) is 0 Å². The fourth-order valence-electron chi connectivity index (χ4n) is 6.67. The second-order valence-electron chi connectivity index (χ2n) is 11.2. The molecule has 0 aliphatic carbocycles. The molecule has 0 saturated carbocycles. The van der Waals surface area contributed by atoms with Crippen LogP contribution in [0.4, 0.5) is 17.2 Å². The van der Waals surface area contributed by atoms with E-state index in [0.717, 1.165) is 61.1 Å². The minimum absolute atomic E-state index is 0.843.